The molecule has 2 aromatic rings. The van der Waals surface area contributed by atoms with Gasteiger partial charge in [-0.1, -0.05) is 45.9 Å². The summed E-state index contributed by atoms with van der Waals surface area (Å²) in [5.74, 6) is -0.380. The fourth-order valence-electron chi connectivity index (χ4n) is 2.62. The molecular formula is C20H18BrN3O5S. The minimum Gasteiger partial charge on any atom is -0.493 e. The van der Waals surface area contributed by atoms with Crippen LogP contribution in [0.3, 0.4) is 0 Å². The molecule has 1 aliphatic heterocycles. The number of carbonyl (C=O) groups is 2. The van der Waals surface area contributed by atoms with Crippen molar-refractivity contribution in [2.75, 3.05) is 7.11 Å². The molecule has 8 nitrogen and oxygen atoms in total. The second-order valence-corrected chi connectivity index (χ2v) is 8.25. The molecule has 0 aliphatic carbocycles. The van der Waals surface area contributed by atoms with Crippen LogP contribution in [0, 0.1) is 0 Å². The third-order valence-electron chi connectivity index (χ3n) is 3.98. The molecule has 2 N–H and O–H groups in total. The SMILES string of the molecule is COc1cccc(C=NN=C2NC(=O)C(CC(=O)O)S2)c1OCc1cccc(Br)c1. The maximum atomic E-state index is 11.8. The Morgan fingerprint density at radius 2 is 2.13 bits per heavy atom. The van der Waals surface area contributed by atoms with E-state index in [4.69, 9.17) is 14.6 Å². The van der Waals surface area contributed by atoms with E-state index in [-0.39, 0.29) is 11.6 Å². The molecule has 0 spiro atoms. The highest BCUT2D eigenvalue weighted by Gasteiger charge is 2.32. The van der Waals surface area contributed by atoms with Crippen molar-refractivity contribution in [2.45, 2.75) is 18.3 Å². The molecular weight excluding hydrogens is 474 g/mol. The number of aliphatic carboxylic acids is 1. The number of thioether (sulfide) groups is 1. The number of carbonyl (C=O) groups excluding carboxylic acids is 1. The van der Waals surface area contributed by atoms with Crippen LogP contribution in [0.4, 0.5) is 0 Å². The average Bonchev–Trinajstić information content (AvgIpc) is 3.05. The predicted octanol–water partition coefficient (Wildman–Crippen LogP) is 3.43. The summed E-state index contributed by atoms with van der Waals surface area (Å²) in [6.45, 7) is 0.331. The largest absolute Gasteiger partial charge is 0.493 e. The third kappa shape index (κ3) is 5.83. The summed E-state index contributed by atoms with van der Waals surface area (Å²) in [4.78, 5) is 22.6. The minimum atomic E-state index is -1.05. The number of hydrogen-bond donors (Lipinski definition) is 2. The Balaban J connectivity index is 1.74. The lowest BCUT2D eigenvalue weighted by Crippen LogP contribution is -2.26. The Morgan fingerprint density at radius 3 is 2.87 bits per heavy atom. The number of amides is 1. The van der Waals surface area contributed by atoms with E-state index in [1.807, 2.05) is 24.3 Å². The normalized spacial score (nSPS) is 17.3. The lowest BCUT2D eigenvalue weighted by atomic mass is 10.2. The van der Waals surface area contributed by atoms with Crippen molar-refractivity contribution in [1.82, 2.24) is 5.32 Å². The second-order valence-electron chi connectivity index (χ2n) is 6.14. The van der Waals surface area contributed by atoms with Crippen molar-refractivity contribution in [1.29, 1.82) is 0 Å². The highest BCUT2D eigenvalue weighted by Crippen LogP contribution is 2.31. The predicted molar refractivity (Wildman–Crippen MR) is 118 cm³/mol. The molecule has 1 unspecified atom stereocenters. The van der Waals surface area contributed by atoms with Crippen LogP contribution >= 0.6 is 27.7 Å². The molecule has 2 aromatic carbocycles. The van der Waals surface area contributed by atoms with Crippen molar-refractivity contribution in [3.8, 4) is 11.5 Å². The number of ether oxygens (including phenoxy) is 2. The van der Waals surface area contributed by atoms with Gasteiger partial charge in [0.15, 0.2) is 16.7 Å². The molecule has 0 bridgehead atoms. The summed E-state index contributed by atoms with van der Waals surface area (Å²) >= 11 is 4.48. The van der Waals surface area contributed by atoms with E-state index >= 15 is 0 Å². The Kier molecular flexibility index (Phi) is 7.47. The molecule has 1 saturated heterocycles. The number of hydrogen-bond acceptors (Lipinski definition) is 7. The van der Waals surface area contributed by atoms with Crippen molar-refractivity contribution >= 4 is 51.0 Å². The van der Waals surface area contributed by atoms with E-state index in [0.717, 1.165) is 21.8 Å². The van der Waals surface area contributed by atoms with Crippen LogP contribution in [0.25, 0.3) is 0 Å². The number of rotatable bonds is 8. The van der Waals surface area contributed by atoms with Gasteiger partial charge in [-0.05, 0) is 29.8 Å². The molecule has 0 saturated carbocycles. The molecule has 3 rings (SSSR count). The van der Waals surface area contributed by atoms with Gasteiger partial charge in [-0.3, -0.25) is 9.59 Å². The van der Waals surface area contributed by atoms with Gasteiger partial charge in [0.05, 0.1) is 19.7 Å². The summed E-state index contributed by atoms with van der Waals surface area (Å²) < 4.78 is 12.3. The smallest absolute Gasteiger partial charge is 0.305 e. The Bertz CT molecular complexity index is 1010. The molecule has 1 aliphatic rings. The molecule has 1 heterocycles. The van der Waals surface area contributed by atoms with Gasteiger partial charge in [0, 0.05) is 10.0 Å². The topological polar surface area (TPSA) is 110 Å². The molecule has 0 aromatic heterocycles. The maximum Gasteiger partial charge on any atom is 0.305 e. The van der Waals surface area contributed by atoms with Gasteiger partial charge in [-0.2, -0.15) is 5.10 Å². The molecule has 10 heteroatoms. The van der Waals surface area contributed by atoms with Crippen molar-refractivity contribution in [2.24, 2.45) is 10.2 Å². The lowest BCUT2D eigenvalue weighted by molar-refractivity contribution is -0.138. The zero-order valence-electron chi connectivity index (χ0n) is 15.9. The van der Waals surface area contributed by atoms with Gasteiger partial charge in [0.25, 0.3) is 0 Å². The van der Waals surface area contributed by atoms with Gasteiger partial charge < -0.3 is 19.9 Å². The maximum absolute atomic E-state index is 11.8. The van der Waals surface area contributed by atoms with Gasteiger partial charge in [0.2, 0.25) is 5.91 Å². The number of halogens is 1. The Labute approximate surface area is 185 Å². The molecule has 1 atom stereocenters. The van der Waals surface area contributed by atoms with E-state index in [0.29, 0.717) is 23.7 Å². The summed E-state index contributed by atoms with van der Waals surface area (Å²) in [6.07, 6.45) is 1.21. The highest BCUT2D eigenvalue weighted by molar-refractivity contribution is 9.10. The van der Waals surface area contributed by atoms with Crippen LogP contribution in [0.1, 0.15) is 17.5 Å². The van der Waals surface area contributed by atoms with Crippen LogP contribution in [0.2, 0.25) is 0 Å². The lowest BCUT2D eigenvalue weighted by Gasteiger charge is -2.13. The Morgan fingerprint density at radius 1 is 1.33 bits per heavy atom. The first-order valence-corrected chi connectivity index (χ1v) is 10.5. The number of methoxy groups -OCH3 is 1. The van der Waals surface area contributed by atoms with Crippen LogP contribution in [0.15, 0.2) is 57.1 Å². The van der Waals surface area contributed by atoms with Gasteiger partial charge >= 0.3 is 5.97 Å². The second kappa shape index (κ2) is 10.3. The number of carboxylic acid groups (broad SMARTS) is 1. The monoisotopic (exact) mass is 491 g/mol. The van der Waals surface area contributed by atoms with Crippen molar-refractivity contribution in [3.63, 3.8) is 0 Å². The highest BCUT2D eigenvalue weighted by atomic mass is 79.9. The first kappa shape index (κ1) is 21.8. The number of amidine groups is 1. The number of carboxylic acids is 1. The summed E-state index contributed by atoms with van der Waals surface area (Å²) in [5, 5.41) is 18.9. The van der Waals surface area contributed by atoms with Crippen molar-refractivity contribution in [3.05, 3.63) is 58.1 Å². The third-order valence-corrected chi connectivity index (χ3v) is 5.55. The number of para-hydroxylation sites is 1. The van der Waals surface area contributed by atoms with Crippen LogP contribution in [0.5, 0.6) is 11.5 Å². The Hall–Kier alpha value is -2.85. The zero-order chi connectivity index (χ0) is 21.5. The van der Waals surface area contributed by atoms with Gasteiger partial charge in [0.1, 0.15) is 11.9 Å². The summed E-state index contributed by atoms with van der Waals surface area (Å²) in [5.41, 5.74) is 1.62. The number of nitrogens with zero attached hydrogens (tertiary/aromatic N) is 2. The molecule has 1 amide bonds. The first-order chi connectivity index (χ1) is 14.5. The van der Waals surface area contributed by atoms with E-state index in [9.17, 15) is 9.59 Å². The average molecular weight is 492 g/mol. The van der Waals surface area contributed by atoms with E-state index in [2.05, 4.69) is 31.4 Å². The van der Waals surface area contributed by atoms with E-state index in [1.54, 1.807) is 25.3 Å². The molecule has 0 radical (unpaired) electrons. The molecule has 30 heavy (non-hydrogen) atoms. The van der Waals surface area contributed by atoms with Gasteiger partial charge in [-0.25, -0.2) is 0 Å². The van der Waals surface area contributed by atoms with Crippen LogP contribution in [-0.2, 0) is 16.2 Å². The quantitative estimate of drug-likeness (QED) is 0.432. The fraction of sp³-hybridized carbons (Fsp3) is 0.200. The number of benzene rings is 2. The molecule has 1 fully saturated rings. The molecule has 156 valence electrons. The van der Waals surface area contributed by atoms with Crippen molar-refractivity contribution < 1.29 is 24.2 Å². The zero-order valence-corrected chi connectivity index (χ0v) is 18.3. The van der Waals surface area contributed by atoms with Gasteiger partial charge in [-0.15, -0.1) is 5.10 Å². The number of nitrogens with one attached hydrogen (secondary N) is 1. The van der Waals surface area contributed by atoms with Crippen LogP contribution in [-0.4, -0.2) is 40.7 Å². The fourth-order valence-corrected chi connectivity index (χ4v) is 3.98. The van der Waals surface area contributed by atoms with Crippen LogP contribution < -0.4 is 14.8 Å². The van der Waals surface area contributed by atoms with E-state index < -0.39 is 17.1 Å². The first-order valence-electron chi connectivity index (χ1n) is 8.81. The standard InChI is InChI=1S/C20H18BrN3O5S/c1-28-15-7-3-5-13(18(15)29-11-12-4-2-6-14(21)8-12)10-22-24-20-23-19(27)16(30-20)9-17(25)26/h2-8,10,16H,9,11H2,1H3,(H,25,26)(H,23,24,27). The summed E-state index contributed by atoms with van der Waals surface area (Å²) in [7, 11) is 1.55. The van der Waals surface area contributed by atoms with E-state index in [1.165, 1.54) is 6.21 Å². The summed E-state index contributed by atoms with van der Waals surface area (Å²) in [6, 6.07) is 13.2. The minimum absolute atomic E-state index is 0.252.